The Kier molecular flexibility index (Phi) is 5.31. The highest BCUT2D eigenvalue weighted by Gasteiger charge is 2.47. The number of carbonyl (C=O) groups is 1. The number of nitrogens with zero attached hydrogens (tertiary/aromatic N) is 1. The number of anilines is 1. The number of ether oxygens (including phenoxy) is 1. The fourth-order valence-electron chi connectivity index (χ4n) is 2.22. The van der Waals surface area contributed by atoms with E-state index in [-0.39, 0.29) is 22.8 Å². The zero-order valence-electron chi connectivity index (χ0n) is 14.0. The van der Waals surface area contributed by atoms with E-state index in [2.05, 4.69) is 10.5 Å². The number of rotatable bonds is 5. The quantitative estimate of drug-likeness (QED) is 0.840. The molecule has 11 heteroatoms. The normalized spacial score (nSPS) is 12.1. The molecule has 0 saturated heterocycles. The third-order valence-electron chi connectivity index (χ3n) is 3.53. The van der Waals surface area contributed by atoms with E-state index >= 15 is 0 Å². The van der Waals surface area contributed by atoms with E-state index in [1.54, 1.807) is 6.92 Å². The largest absolute Gasteiger partial charge is 0.501 e. The summed E-state index contributed by atoms with van der Waals surface area (Å²) in [6.45, 7) is 3.24. The van der Waals surface area contributed by atoms with Gasteiger partial charge in [0.25, 0.3) is 15.7 Å². The molecule has 1 aromatic carbocycles. The van der Waals surface area contributed by atoms with Crippen molar-refractivity contribution in [1.82, 2.24) is 5.16 Å². The number of methoxy groups -OCH3 is 1. The van der Waals surface area contributed by atoms with Gasteiger partial charge in [-0.05, 0) is 31.5 Å². The lowest BCUT2D eigenvalue weighted by Crippen LogP contribution is -2.23. The number of nitrogens with one attached hydrogen (secondary N) is 1. The van der Waals surface area contributed by atoms with E-state index in [4.69, 9.17) is 9.26 Å². The summed E-state index contributed by atoms with van der Waals surface area (Å²) in [4.78, 5) is 11.4. The maximum Gasteiger partial charge on any atom is 0.501 e. The topological polar surface area (TPSA) is 98.5 Å². The Labute approximate surface area is 147 Å². The first kappa shape index (κ1) is 19.8. The van der Waals surface area contributed by atoms with Gasteiger partial charge in [0.2, 0.25) is 0 Å². The lowest BCUT2D eigenvalue weighted by Gasteiger charge is -2.13. The van der Waals surface area contributed by atoms with Crippen molar-refractivity contribution in [3.05, 3.63) is 35.2 Å². The molecule has 1 amide bonds. The molecule has 0 radical (unpaired) electrons. The fourth-order valence-corrected chi connectivity index (χ4v) is 3.01. The summed E-state index contributed by atoms with van der Waals surface area (Å²) in [5.41, 5.74) is -5.22. The number of hydrogen-bond donors (Lipinski definition) is 1. The van der Waals surface area contributed by atoms with Gasteiger partial charge in [0, 0.05) is 0 Å². The SMILES string of the molecule is CCc1noc(C)c1C(=O)Nc1cc(S(=O)(=O)C(F)(F)F)ccc1OC. The van der Waals surface area contributed by atoms with Gasteiger partial charge in [-0.1, -0.05) is 12.1 Å². The zero-order valence-corrected chi connectivity index (χ0v) is 14.8. The molecule has 2 aromatic rings. The van der Waals surface area contributed by atoms with Crippen molar-refractivity contribution in [2.45, 2.75) is 30.7 Å². The van der Waals surface area contributed by atoms with Crippen LogP contribution < -0.4 is 10.1 Å². The number of alkyl halides is 3. The predicted octanol–water partition coefficient (Wildman–Crippen LogP) is 3.10. The number of sulfone groups is 1. The monoisotopic (exact) mass is 392 g/mol. The molecular weight excluding hydrogens is 377 g/mol. The molecule has 0 unspecified atom stereocenters. The van der Waals surface area contributed by atoms with E-state index in [0.717, 1.165) is 12.1 Å². The summed E-state index contributed by atoms with van der Waals surface area (Å²) in [6, 6.07) is 2.46. The third kappa shape index (κ3) is 3.52. The van der Waals surface area contributed by atoms with E-state index in [9.17, 15) is 26.4 Å². The molecule has 0 aliphatic heterocycles. The van der Waals surface area contributed by atoms with Crippen LogP contribution in [0.2, 0.25) is 0 Å². The van der Waals surface area contributed by atoms with Crippen LogP contribution in [0.15, 0.2) is 27.6 Å². The number of benzene rings is 1. The number of amides is 1. The standard InChI is InChI=1S/C15H15F3N2O5S/c1-4-10-13(8(2)25-20-10)14(21)19-11-7-9(5-6-12(11)24-3)26(22,23)15(16,17)18/h5-7H,4H2,1-3H3,(H,19,21). The molecule has 0 saturated carbocycles. The van der Waals surface area contributed by atoms with Crippen LogP contribution >= 0.6 is 0 Å². The summed E-state index contributed by atoms with van der Waals surface area (Å²) in [7, 11) is -4.34. The van der Waals surface area contributed by atoms with Crippen LogP contribution in [0.25, 0.3) is 0 Å². The number of carbonyl (C=O) groups excluding carboxylic acids is 1. The third-order valence-corrected chi connectivity index (χ3v) is 5.01. The molecule has 142 valence electrons. The van der Waals surface area contributed by atoms with Crippen molar-refractivity contribution < 1.29 is 35.6 Å². The summed E-state index contributed by atoms with van der Waals surface area (Å²) in [5.74, 6) is -0.496. The summed E-state index contributed by atoms with van der Waals surface area (Å²) in [5, 5.41) is 6.06. The number of aryl methyl sites for hydroxylation is 2. The molecule has 1 heterocycles. The first-order valence-electron chi connectivity index (χ1n) is 7.28. The molecule has 1 N–H and O–H groups in total. The average Bonchev–Trinajstić information content (AvgIpc) is 2.94. The van der Waals surface area contributed by atoms with Gasteiger partial charge in [-0.2, -0.15) is 13.2 Å². The Morgan fingerprint density at radius 1 is 1.35 bits per heavy atom. The maximum atomic E-state index is 12.7. The molecule has 26 heavy (non-hydrogen) atoms. The molecule has 0 aliphatic rings. The highest BCUT2D eigenvalue weighted by Crippen LogP contribution is 2.35. The Balaban J connectivity index is 2.47. The second-order valence-electron chi connectivity index (χ2n) is 5.18. The first-order chi connectivity index (χ1) is 12.0. The Morgan fingerprint density at radius 3 is 2.54 bits per heavy atom. The van der Waals surface area contributed by atoms with Crippen molar-refractivity contribution in [1.29, 1.82) is 0 Å². The van der Waals surface area contributed by atoms with Gasteiger partial charge in [-0.25, -0.2) is 8.42 Å². The van der Waals surface area contributed by atoms with Gasteiger partial charge < -0.3 is 14.6 Å². The molecule has 0 spiro atoms. The minimum atomic E-state index is -5.57. The van der Waals surface area contributed by atoms with Crippen molar-refractivity contribution in [2.24, 2.45) is 0 Å². The lowest BCUT2D eigenvalue weighted by molar-refractivity contribution is -0.0436. The van der Waals surface area contributed by atoms with Gasteiger partial charge in [0.1, 0.15) is 17.1 Å². The molecule has 7 nitrogen and oxygen atoms in total. The highest BCUT2D eigenvalue weighted by molar-refractivity contribution is 7.92. The molecule has 1 aromatic heterocycles. The van der Waals surface area contributed by atoms with Crippen LogP contribution in [0.3, 0.4) is 0 Å². The molecule has 0 aliphatic carbocycles. The number of hydrogen-bond acceptors (Lipinski definition) is 6. The fraction of sp³-hybridized carbons (Fsp3) is 0.333. The number of halogens is 3. The smallest absolute Gasteiger partial charge is 0.495 e. The maximum absolute atomic E-state index is 12.7. The van der Waals surface area contributed by atoms with Crippen LogP contribution in [0.4, 0.5) is 18.9 Å². The molecule has 0 fully saturated rings. The molecule has 2 rings (SSSR count). The average molecular weight is 392 g/mol. The van der Waals surface area contributed by atoms with Crippen molar-refractivity contribution in [3.63, 3.8) is 0 Å². The minimum absolute atomic E-state index is 0.00775. The summed E-state index contributed by atoms with van der Waals surface area (Å²) < 4.78 is 71.3. The van der Waals surface area contributed by atoms with E-state index in [0.29, 0.717) is 18.2 Å². The second kappa shape index (κ2) is 6.98. The molecule has 0 bridgehead atoms. The van der Waals surface area contributed by atoms with Crippen LogP contribution in [-0.2, 0) is 16.3 Å². The van der Waals surface area contributed by atoms with Gasteiger partial charge in [0.15, 0.2) is 0 Å². The van der Waals surface area contributed by atoms with Gasteiger partial charge in [0.05, 0.1) is 23.4 Å². The summed E-state index contributed by atoms with van der Waals surface area (Å²) >= 11 is 0. The Bertz CT molecular complexity index is 935. The molecule has 0 atom stereocenters. The first-order valence-corrected chi connectivity index (χ1v) is 8.77. The van der Waals surface area contributed by atoms with Crippen molar-refractivity contribution in [2.75, 3.05) is 12.4 Å². The van der Waals surface area contributed by atoms with Gasteiger partial charge >= 0.3 is 5.51 Å². The van der Waals surface area contributed by atoms with E-state index in [1.165, 1.54) is 14.0 Å². The van der Waals surface area contributed by atoms with Crippen LogP contribution in [0, 0.1) is 6.92 Å². The lowest BCUT2D eigenvalue weighted by atomic mass is 10.1. The van der Waals surface area contributed by atoms with Crippen molar-refractivity contribution >= 4 is 21.4 Å². The van der Waals surface area contributed by atoms with Crippen LogP contribution in [0.1, 0.15) is 28.7 Å². The predicted molar refractivity (Wildman–Crippen MR) is 84.8 cm³/mol. The highest BCUT2D eigenvalue weighted by atomic mass is 32.2. The number of aromatic nitrogens is 1. The zero-order chi connectivity index (χ0) is 19.7. The van der Waals surface area contributed by atoms with Gasteiger partial charge in [-0.15, -0.1) is 0 Å². The van der Waals surface area contributed by atoms with Crippen LogP contribution in [-0.4, -0.2) is 32.1 Å². The minimum Gasteiger partial charge on any atom is -0.495 e. The van der Waals surface area contributed by atoms with E-state index < -0.39 is 26.1 Å². The van der Waals surface area contributed by atoms with Gasteiger partial charge in [-0.3, -0.25) is 4.79 Å². The van der Waals surface area contributed by atoms with Crippen LogP contribution in [0.5, 0.6) is 5.75 Å². The van der Waals surface area contributed by atoms with E-state index in [1.807, 2.05) is 0 Å². The second-order valence-corrected chi connectivity index (χ2v) is 7.12. The Morgan fingerprint density at radius 2 is 2.00 bits per heavy atom. The Hall–Kier alpha value is -2.56. The molecular formula is C15H15F3N2O5S. The van der Waals surface area contributed by atoms with Crippen molar-refractivity contribution in [3.8, 4) is 5.75 Å². The summed E-state index contributed by atoms with van der Waals surface area (Å²) in [6.07, 6.45) is 0.389.